The molecule has 0 fully saturated rings. The highest BCUT2D eigenvalue weighted by molar-refractivity contribution is 7.99. The largest absolute Gasteiger partial charge is 0.329 e. The molecule has 0 radical (unpaired) electrons. The Kier molecular flexibility index (Phi) is 7.44. The number of nitrogens with zero attached hydrogens (tertiary/aromatic N) is 2. The second-order valence-corrected chi connectivity index (χ2v) is 6.05. The molecule has 3 N–H and O–H groups in total. The van der Waals surface area contributed by atoms with Crippen molar-refractivity contribution in [3.63, 3.8) is 0 Å². The fourth-order valence-corrected chi connectivity index (χ4v) is 2.55. The standard InChI is InChI=1S/C15H20N4OS.ClH/c1-11(16)3-8-14(20)18-12-4-6-13(7-5-12)21-15-17-9-10-19(15)2;/h4-7,9-11H,3,8,16H2,1-2H3,(H,18,20);1H. The molecule has 1 aromatic carbocycles. The van der Waals surface area contributed by atoms with Crippen molar-refractivity contribution in [2.75, 3.05) is 5.32 Å². The molecule has 2 aromatic rings. The molecule has 22 heavy (non-hydrogen) atoms. The van der Waals surface area contributed by atoms with Gasteiger partial charge >= 0.3 is 0 Å². The van der Waals surface area contributed by atoms with Gasteiger partial charge in [-0.3, -0.25) is 4.79 Å². The van der Waals surface area contributed by atoms with Gasteiger partial charge < -0.3 is 15.6 Å². The van der Waals surface area contributed by atoms with Crippen LogP contribution in [0.5, 0.6) is 0 Å². The van der Waals surface area contributed by atoms with Gasteiger partial charge in [-0.1, -0.05) is 11.8 Å². The Hall–Kier alpha value is -1.50. The van der Waals surface area contributed by atoms with E-state index in [1.165, 1.54) is 0 Å². The van der Waals surface area contributed by atoms with Crippen molar-refractivity contribution in [1.82, 2.24) is 9.55 Å². The maximum Gasteiger partial charge on any atom is 0.224 e. The van der Waals surface area contributed by atoms with E-state index in [0.29, 0.717) is 12.8 Å². The summed E-state index contributed by atoms with van der Waals surface area (Å²) in [6, 6.07) is 7.79. The number of anilines is 1. The molecule has 120 valence electrons. The number of imidazole rings is 1. The molecular weight excluding hydrogens is 320 g/mol. The summed E-state index contributed by atoms with van der Waals surface area (Å²) in [7, 11) is 1.96. The van der Waals surface area contributed by atoms with E-state index < -0.39 is 0 Å². The van der Waals surface area contributed by atoms with Crippen molar-refractivity contribution in [2.45, 2.75) is 35.9 Å². The number of hydrogen-bond donors (Lipinski definition) is 2. The minimum Gasteiger partial charge on any atom is -0.329 e. The Bertz CT molecular complexity index is 598. The lowest BCUT2D eigenvalue weighted by molar-refractivity contribution is -0.116. The van der Waals surface area contributed by atoms with Crippen molar-refractivity contribution in [2.24, 2.45) is 12.8 Å². The number of carbonyl (C=O) groups excluding carboxylic acids is 1. The molecule has 0 aliphatic rings. The molecule has 1 heterocycles. The van der Waals surface area contributed by atoms with Crippen LogP contribution in [0.15, 0.2) is 46.7 Å². The quantitative estimate of drug-likeness (QED) is 0.847. The van der Waals surface area contributed by atoms with E-state index in [1.54, 1.807) is 18.0 Å². The van der Waals surface area contributed by atoms with Crippen LogP contribution in [0.25, 0.3) is 0 Å². The third-order valence-corrected chi connectivity index (χ3v) is 4.03. The number of aryl methyl sites for hydroxylation is 1. The number of benzene rings is 1. The lowest BCUT2D eigenvalue weighted by Crippen LogP contribution is -2.19. The summed E-state index contributed by atoms with van der Waals surface area (Å²) in [6.45, 7) is 1.90. The van der Waals surface area contributed by atoms with Gasteiger partial charge in [-0.15, -0.1) is 12.4 Å². The number of amides is 1. The first kappa shape index (κ1) is 18.5. The fraction of sp³-hybridized carbons (Fsp3) is 0.333. The summed E-state index contributed by atoms with van der Waals surface area (Å²) < 4.78 is 1.97. The first-order valence-electron chi connectivity index (χ1n) is 6.85. The molecule has 1 amide bonds. The minimum atomic E-state index is -0.00296. The van der Waals surface area contributed by atoms with Crippen LogP contribution in [0.3, 0.4) is 0 Å². The number of hydrogen-bond acceptors (Lipinski definition) is 4. The third-order valence-electron chi connectivity index (χ3n) is 2.95. The van der Waals surface area contributed by atoms with Crippen molar-refractivity contribution in [1.29, 1.82) is 0 Å². The number of nitrogens with two attached hydrogens (primary N) is 1. The van der Waals surface area contributed by atoms with E-state index >= 15 is 0 Å². The minimum absolute atomic E-state index is 0. The Labute approximate surface area is 141 Å². The van der Waals surface area contributed by atoms with Crippen LogP contribution in [-0.4, -0.2) is 21.5 Å². The molecule has 0 saturated carbocycles. The van der Waals surface area contributed by atoms with E-state index in [9.17, 15) is 4.79 Å². The van der Waals surface area contributed by atoms with Crippen molar-refractivity contribution >= 4 is 35.8 Å². The molecule has 0 aliphatic carbocycles. The number of aromatic nitrogens is 2. The third kappa shape index (κ3) is 5.71. The second kappa shape index (κ2) is 8.82. The molecule has 5 nitrogen and oxygen atoms in total. The highest BCUT2D eigenvalue weighted by atomic mass is 35.5. The van der Waals surface area contributed by atoms with Crippen molar-refractivity contribution < 1.29 is 4.79 Å². The van der Waals surface area contributed by atoms with Crippen LogP contribution >= 0.6 is 24.2 Å². The highest BCUT2D eigenvalue weighted by Crippen LogP contribution is 2.26. The van der Waals surface area contributed by atoms with Crippen LogP contribution < -0.4 is 11.1 Å². The van der Waals surface area contributed by atoms with Gasteiger partial charge in [0.1, 0.15) is 0 Å². The average Bonchev–Trinajstić information content (AvgIpc) is 2.84. The lowest BCUT2D eigenvalue weighted by atomic mass is 10.2. The zero-order valence-electron chi connectivity index (χ0n) is 12.7. The van der Waals surface area contributed by atoms with Crippen molar-refractivity contribution in [3.05, 3.63) is 36.7 Å². The molecule has 1 aromatic heterocycles. The van der Waals surface area contributed by atoms with Gasteiger partial charge in [-0.05, 0) is 37.6 Å². The normalized spacial score (nSPS) is 11.6. The summed E-state index contributed by atoms with van der Waals surface area (Å²) in [5.41, 5.74) is 6.44. The average molecular weight is 341 g/mol. The lowest BCUT2D eigenvalue weighted by Gasteiger charge is -2.08. The Morgan fingerprint density at radius 1 is 1.41 bits per heavy atom. The fourth-order valence-electron chi connectivity index (χ4n) is 1.74. The van der Waals surface area contributed by atoms with Gasteiger partial charge in [0.2, 0.25) is 5.91 Å². The molecule has 0 bridgehead atoms. The molecule has 7 heteroatoms. The SMILES string of the molecule is CC(N)CCC(=O)Nc1ccc(Sc2nccn2C)cc1.Cl. The van der Waals surface area contributed by atoms with E-state index in [4.69, 9.17) is 5.73 Å². The van der Waals surface area contributed by atoms with E-state index in [0.717, 1.165) is 15.7 Å². The second-order valence-electron chi connectivity index (χ2n) is 5.01. The summed E-state index contributed by atoms with van der Waals surface area (Å²) in [6.07, 6.45) is 4.82. The maximum atomic E-state index is 11.7. The summed E-state index contributed by atoms with van der Waals surface area (Å²) in [5.74, 6) is -0.00296. The van der Waals surface area contributed by atoms with Crippen LogP contribution in [-0.2, 0) is 11.8 Å². The van der Waals surface area contributed by atoms with Crippen molar-refractivity contribution in [3.8, 4) is 0 Å². The number of rotatable bonds is 6. The number of carbonyl (C=O) groups is 1. The van der Waals surface area contributed by atoms with Gasteiger partial charge in [-0.2, -0.15) is 0 Å². The Morgan fingerprint density at radius 2 is 2.09 bits per heavy atom. The van der Waals surface area contributed by atoms with E-state index in [-0.39, 0.29) is 24.4 Å². The topological polar surface area (TPSA) is 72.9 Å². The van der Waals surface area contributed by atoms with Crippen LogP contribution in [0.2, 0.25) is 0 Å². The molecule has 0 saturated heterocycles. The predicted octanol–water partition coefficient (Wildman–Crippen LogP) is 3.06. The van der Waals surface area contributed by atoms with Crippen LogP contribution in [0.4, 0.5) is 5.69 Å². The smallest absolute Gasteiger partial charge is 0.224 e. The molecule has 0 aliphatic heterocycles. The Morgan fingerprint density at radius 3 is 2.64 bits per heavy atom. The monoisotopic (exact) mass is 340 g/mol. The van der Waals surface area contributed by atoms with Crippen LogP contribution in [0, 0.1) is 0 Å². The maximum absolute atomic E-state index is 11.7. The zero-order valence-corrected chi connectivity index (χ0v) is 14.3. The Balaban J connectivity index is 0.00000242. The van der Waals surface area contributed by atoms with Gasteiger partial charge in [-0.25, -0.2) is 4.98 Å². The summed E-state index contributed by atoms with van der Waals surface area (Å²) >= 11 is 1.59. The first-order valence-corrected chi connectivity index (χ1v) is 7.67. The molecular formula is C15H21ClN4OS. The molecule has 1 atom stereocenters. The van der Waals surface area contributed by atoms with Gasteiger partial charge in [0.15, 0.2) is 5.16 Å². The number of halogens is 1. The summed E-state index contributed by atoms with van der Waals surface area (Å²) in [5, 5.41) is 3.80. The molecule has 1 unspecified atom stereocenters. The van der Waals surface area contributed by atoms with Gasteiger partial charge in [0, 0.05) is 42.5 Å². The van der Waals surface area contributed by atoms with Gasteiger partial charge in [0.25, 0.3) is 0 Å². The summed E-state index contributed by atoms with van der Waals surface area (Å²) in [4.78, 5) is 17.1. The highest BCUT2D eigenvalue weighted by Gasteiger charge is 2.05. The van der Waals surface area contributed by atoms with E-state index in [1.807, 2.05) is 49.0 Å². The van der Waals surface area contributed by atoms with Crippen LogP contribution in [0.1, 0.15) is 19.8 Å². The zero-order chi connectivity index (χ0) is 15.2. The van der Waals surface area contributed by atoms with E-state index in [2.05, 4.69) is 10.3 Å². The molecule has 2 rings (SSSR count). The number of nitrogens with one attached hydrogen (secondary N) is 1. The predicted molar refractivity (Wildman–Crippen MR) is 92.5 cm³/mol. The van der Waals surface area contributed by atoms with Gasteiger partial charge in [0.05, 0.1) is 0 Å². The molecule has 0 spiro atoms. The first-order chi connectivity index (χ1) is 10.0.